The summed E-state index contributed by atoms with van der Waals surface area (Å²) < 4.78 is 6.01. The van der Waals surface area contributed by atoms with Crippen LogP contribution in [0.15, 0.2) is 18.3 Å². The van der Waals surface area contributed by atoms with E-state index < -0.39 is 8.32 Å². The molecule has 0 atom stereocenters. The number of aromatic nitrogens is 1. The van der Waals surface area contributed by atoms with E-state index in [-0.39, 0.29) is 0 Å². The molecule has 1 N–H and O–H groups in total. The Hall–Kier alpha value is -0.543. The number of rotatable bonds is 6. The molecule has 0 aromatic carbocycles. The molecule has 0 aliphatic carbocycles. The lowest BCUT2D eigenvalue weighted by atomic mass is 10.3. The van der Waals surface area contributed by atoms with Gasteiger partial charge in [-0.2, -0.15) is 0 Å². The van der Waals surface area contributed by atoms with E-state index in [4.69, 9.17) is 4.43 Å². The molecule has 1 heterocycles. The monoisotopic (exact) mass is 239 g/mol. The Morgan fingerprint density at radius 3 is 2.06 bits per heavy atom. The van der Waals surface area contributed by atoms with Gasteiger partial charge in [-0.15, -0.1) is 0 Å². The van der Waals surface area contributed by atoms with Crippen LogP contribution in [-0.2, 0) is 4.43 Å². The quantitative estimate of drug-likeness (QED) is 0.758. The van der Waals surface area contributed by atoms with E-state index in [0.29, 0.717) is 11.8 Å². The van der Waals surface area contributed by atoms with Gasteiger partial charge in [0.15, 0.2) is 0 Å². The van der Waals surface area contributed by atoms with Gasteiger partial charge < -0.3 is 9.41 Å². The number of nitrogens with one attached hydrogen (secondary N) is 1. The molecule has 92 valence electrons. The van der Waals surface area contributed by atoms with Crippen molar-refractivity contribution < 1.29 is 4.43 Å². The largest absolute Gasteiger partial charge is 0.414 e. The van der Waals surface area contributed by atoms with Gasteiger partial charge >= 0.3 is 0 Å². The lowest BCUT2D eigenvalue weighted by molar-refractivity contribution is 0.386. The molecule has 0 bridgehead atoms. The van der Waals surface area contributed by atoms with Crippen molar-refractivity contribution in [1.29, 1.82) is 0 Å². The first-order valence-electron chi connectivity index (χ1n) is 6.19. The van der Waals surface area contributed by atoms with Crippen LogP contribution >= 0.6 is 0 Å². The maximum Gasteiger partial charge on any atom is 0.240 e. The first kappa shape index (κ1) is 13.5. The Bertz CT molecular complexity index is 283. The zero-order valence-electron chi connectivity index (χ0n) is 11.2. The van der Waals surface area contributed by atoms with Crippen LogP contribution in [0.2, 0.25) is 12.1 Å². The molecule has 2 nitrogen and oxygen atoms in total. The zero-order valence-corrected chi connectivity index (χ0v) is 12.2. The van der Waals surface area contributed by atoms with E-state index in [1.165, 1.54) is 17.4 Å². The van der Waals surface area contributed by atoms with E-state index in [1.807, 2.05) is 13.3 Å². The second-order valence-electron chi connectivity index (χ2n) is 5.48. The standard InChI is InChI=1S/C13H25NOSi/c1-11(2)9-16(15-5,10-12(3)4)13-7-6-8-14-13/h6-8,11-12,14H,9-10H2,1-5H3. The van der Waals surface area contributed by atoms with Crippen molar-refractivity contribution in [2.75, 3.05) is 7.11 Å². The molecular weight excluding hydrogens is 214 g/mol. The molecule has 0 aliphatic heterocycles. The molecule has 0 aliphatic rings. The van der Waals surface area contributed by atoms with Crippen LogP contribution in [0.3, 0.4) is 0 Å². The highest BCUT2D eigenvalue weighted by Gasteiger charge is 2.38. The maximum absolute atomic E-state index is 6.01. The number of aromatic amines is 1. The fraction of sp³-hybridized carbons (Fsp3) is 0.692. The highest BCUT2D eigenvalue weighted by atomic mass is 28.4. The summed E-state index contributed by atoms with van der Waals surface area (Å²) in [6.45, 7) is 9.13. The third-order valence-corrected chi connectivity index (χ3v) is 7.98. The summed E-state index contributed by atoms with van der Waals surface area (Å²) >= 11 is 0. The zero-order chi connectivity index (χ0) is 12.2. The third kappa shape index (κ3) is 3.22. The van der Waals surface area contributed by atoms with Crippen LogP contribution in [0.25, 0.3) is 0 Å². The molecular formula is C13H25NOSi. The van der Waals surface area contributed by atoms with Crippen molar-refractivity contribution in [2.24, 2.45) is 11.8 Å². The Morgan fingerprint density at radius 1 is 1.19 bits per heavy atom. The number of hydrogen-bond acceptors (Lipinski definition) is 1. The van der Waals surface area contributed by atoms with Crippen molar-refractivity contribution in [3.05, 3.63) is 18.3 Å². The summed E-state index contributed by atoms with van der Waals surface area (Å²) in [5.74, 6) is 1.38. The summed E-state index contributed by atoms with van der Waals surface area (Å²) in [5, 5.41) is 1.34. The van der Waals surface area contributed by atoms with Gasteiger partial charge in [-0.1, -0.05) is 27.7 Å². The van der Waals surface area contributed by atoms with Crippen LogP contribution in [0.1, 0.15) is 27.7 Å². The van der Waals surface area contributed by atoms with E-state index in [0.717, 1.165) is 0 Å². The molecule has 0 spiro atoms. The molecule has 0 saturated carbocycles. The Kier molecular flexibility index (Phi) is 4.81. The van der Waals surface area contributed by atoms with E-state index >= 15 is 0 Å². The molecule has 0 fully saturated rings. The molecule has 1 rings (SSSR count). The van der Waals surface area contributed by atoms with Crippen molar-refractivity contribution in [2.45, 2.75) is 39.8 Å². The maximum atomic E-state index is 6.01. The molecule has 0 unspecified atom stereocenters. The van der Waals surface area contributed by atoms with E-state index in [2.05, 4.69) is 44.8 Å². The van der Waals surface area contributed by atoms with Crippen molar-refractivity contribution >= 4 is 13.6 Å². The van der Waals surface area contributed by atoms with Crippen molar-refractivity contribution in [3.8, 4) is 0 Å². The second kappa shape index (κ2) is 5.69. The van der Waals surface area contributed by atoms with Crippen molar-refractivity contribution in [3.63, 3.8) is 0 Å². The van der Waals surface area contributed by atoms with Crippen LogP contribution < -0.4 is 5.32 Å². The summed E-state index contributed by atoms with van der Waals surface area (Å²) in [5.41, 5.74) is 0. The molecule has 1 aromatic heterocycles. The lowest BCUT2D eigenvalue weighted by Gasteiger charge is -2.32. The van der Waals surface area contributed by atoms with Gasteiger partial charge in [-0.25, -0.2) is 0 Å². The minimum absolute atomic E-state index is 0.689. The topological polar surface area (TPSA) is 25.0 Å². The van der Waals surface area contributed by atoms with Gasteiger partial charge in [0.2, 0.25) is 8.32 Å². The molecule has 3 heteroatoms. The number of H-pyrrole nitrogens is 1. The van der Waals surface area contributed by atoms with Gasteiger partial charge in [0.1, 0.15) is 0 Å². The van der Waals surface area contributed by atoms with Crippen LogP contribution in [0.4, 0.5) is 0 Å². The van der Waals surface area contributed by atoms with Gasteiger partial charge in [-0.3, -0.25) is 0 Å². The normalized spacial score (nSPS) is 12.7. The van der Waals surface area contributed by atoms with Gasteiger partial charge in [0.25, 0.3) is 0 Å². The van der Waals surface area contributed by atoms with Crippen LogP contribution in [0.5, 0.6) is 0 Å². The number of hydrogen-bond donors (Lipinski definition) is 1. The predicted molar refractivity (Wildman–Crippen MR) is 72.5 cm³/mol. The van der Waals surface area contributed by atoms with E-state index in [1.54, 1.807) is 0 Å². The Labute approximate surface area is 101 Å². The summed E-state index contributed by atoms with van der Waals surface area (Å²) in [4.78, 5) is 3.38. The van der Waals surface area contributed by atoms with Gasteiger partial charge in [-0.05, 0) is 36.1 Å². The van der Waals surface area contributed by atoms with Crippen LogP contribution in [0, 0.1) is 11.8 Å². The molecule has 16 heavy (non-hydrogen) atoms. The van der Waals surface area contributed by atoms with Crippen molar-refractivity contribution in [1.82, 2.24) is 4.98 Å². The molecule has 0 amide bonds. The third-order valence-electron chi connectivity index (χ3n) is 2.96. The predicted octanol–water partition coefficient (Wildman–Crippen LogP) is 3.13. The SMILES string of the molecule is CO[Si](CC(C)C)(CC(C)C)c1ccc[nH]1. The smallest absolute Gasteiger partial charge is 0.240 e. The lowest BCUT2D eigenvalue weighted by Crippen LogP contribution is -2.52. The first-order valence-corrected chi connectivity index (χ1v) is 8.51. The molecule has 0 radical (unpaired) electrons. The average molecular weight is 239 g/mol. The van der Waals surface area contributed by atoms with Gasteiger partial charge in [0.05, 0.1) is 0 Å². The van der Waals surface area contributed by atoms with E-state index in [9.17, 15) is 0 Å². The minimum atomic E-state index is -1.78. The Morgan fingerprint density at radius 2 is 1.75 bits per heavy atom. The highest BCUT2D eigenvalue weighted by Crippen LogP contribution is 2.25. The summed E-state index contributed by atoms with van der Waals surface area (Å²) in [6.07, 6.45) is 2.01. The fourth-order valence-electron chi connectivity index (χ4n) is 2.51. The Balaban J connectivity index is 2.97. The molecule has 0 saturated heterocycles. The second-order valence-corrected chi connectivity index (χ2v) is 9.23. The first-order chi connectivity index (χ1) is 7.50. The van der Waals surface area contributed by atoms with Crippen LogP contribution in [-0.4, -0.2) is 20.4 Å². The average Bonchev–Trinajstić information content (AvgIpc) is 2.68. The molecule has 1 aromatic rings. The summed E-state index contributed by atoms with van der Waals surface area (Å²) in [6, 6.07) is 6.67. The fourth-order valence-corrected chi connectivity index (χ4v) is 7.06. The highest BCUT2D eigenvalue weighted by molar-refractivity contribution is 6.86. The minimum Gasteiger partial charge on any atom is -0.414 e. The van der Waals surface area contributed by atoms with Gasteiger partial charge in [0, 0.05) is 18.6 Å². The summed E-state index contributed by atoms with van der Waals surface area (Å²) in [7, 11) is 0.112.